The van der Waals surface area contributed by atoms with Crippen LogP contribution in [0.5, 0.6) is 11.5 Å². The molecule has 6 aromatic carbocycles. The molecule has 0 saturated carbocycles. The Balaban J connectivity index is 1.22. The van der Waals surface area contributed by atoms with E-state index in [1.54, 1.807) is 12.1 Å². The van der Waals surface area contributed by atoms with Crippen LogP contribution in [-0.4, -0.2) is 25.0 Å². The largest absolute Gasteiger partial charge is 0.493 e. The summed E-state index contributed by atoms with van der Waals surface area (Å²) in [6.45, 7) is 5.31. The zero-order valence-electron chi connectivity index (χ0n) is 30.8. The average molecular weight is 859 g/mol. The highest BCUT2D eigenvalue weighted by atomic mass is 79.9. The van der Waals surface area contributed by atoms with Crippen LogP contribution in [0, 0.1) is 0 Å². The molecule has 6 aromatic rings. The number of amides is 2. The summed E-state index contributed by atoms with van der Waals surface area (Å²) in [7, 11) is 0. The van der Waals surface area contributed by atoms with Crippen molar-refractivity contribution in [2.45, 2.75) is 44.9 Å². The first kappa shape index (κ1) is 38.1. The van der Waals surface area contributed by atoms with Gasteiger partial charge in [0.25, 0.3) is 11.8 Å². The van der Waals surface area contributed by atoms with Gasteiger partial charge in [-0.3, -0.25) is 9.59 Å². The maximum absolute atomic E-state index is 13.6. The van der Waals surface area contributed by atoms with Gasteiger partial charge >= 0.3 is 0 Å². The molecule has 7 rings (SSSR count). The van der Waals surface area contributed by atoms with Gasteiger partial charge in [0.15, 0.2) is 0 Å². The number of rotatable bonds is 14. The normalized spacial score (nSPS) is 12.4. The van der Waals surface area contributed by atoms with Gasteiger partial charge in [0.1, 0.15) is 11.5 Å². The highest BCUT2D eigenvalue weighted by molar-refractivity contribution is 9.10. The van der Waals surface area contributed by atoms with E-state index in [2.05, 4.69) is 129 Å². The minimum Gasteiger partial charge on any atom is -0.493 e. The third-order valence-corrected chi connectivity index (χ3v) is 11.0. The predicted molar refractivity (Wildman–Crippen MR) is 229 cm³/mol. The second-order valence-electron chi connectivity index (χ2n) is 13.6. The van der Waals surface area contributed by atoms with Crippen LogP contribution in [-0.2, 0) is 5.41 Å². The second-order valence-corrected chi connectivity index (χ2v) is 15.4. The zero-order valence-corrected chi connectivity index (χ0v) is 34.0. The van der Waals surface area contributed by atoms with Gasteiger partial charge in [0.05, 0.1) is 29.8 Å². The Morgan fingerprint density at radius 2 is 0.945 bits per heavy atom. The summed E-state index contributed by atoms with van der Waals surface area (Å²) in [5.74, 6) is 0.626. The number of nitrogens with one attached hydrogen (secondary N) is 2. The van der Waals surface area contributed by atoms with E-state index >= 15 is 0 Å². The molecule has 1 aliphatic rings. The summed E-state index contributed by atoms with van der Waals surface area (Å²) in [5, 5.41) is 6.19. The molecule has 0 saturated heterocycles. The molecule has 0 unspecified atom stereocenters. The monoisotopic (exact) mass is 856 g/mol. The summed E-state index contributed by atoms with van der Waals surface area (Å²) in [4.78, 5) is 27.2. The first-order valence-corrected chi connectivity index (χ1v) is 20.3. The molecule has 2 N–H and O–H groups in total. The Bertz CT molecular complexity index is 2160. The zero-order chi connectivity index (χ0) is 38.4. The molecule has 0 heterocycles. The van der Waals surface area contributed by atoms with E-state index in [1.807, 2.05) is 48.5 Å². The third-order valence-electron chi connectivity index (χ3n) is 9.99. The summed E-state index contributed by atoms with van der Waals surface area (Å²) in [6, 6.07) is 44.3. The minimum atomic E-state index is -0.659. The first-order valence-electron chi connectivity index (χ1n) is 18.7. The molecule has 0 spiro atoms. The van der Waals surface area contributed by atoms with Crippen LogP contribution < -0.4 is 20.1 Å². The van der Waals surface area contributed by atoms with Gasteiger partial charge in [0.2, 0.25) is 0 Å². The molecule has 6 nitrogen and oxygen atoms in total. The molecule has 0 fully saturated rings. The predicted octanol–water partition coefficient (Wildman–Crippen LogP) is 12.4. The van der Waals surface area contributed by atoms with Gasteiger partial charge in [-0.1, -0.05) is 131 Å². The van der Waals surface area contributed by atoms with Crippen LogP contribution in [0.1, 0.15) is 82.5 Å². The van der Waals surface area contributed by atoms with Crippen LogP contribution >= 0.6 is 31.9 Å². The fourth-order valence-corrected chi connectivity index (χ4v) is 8.01. The smallest absolute Gasteiger partial charge is 0.259 e. The molecule has 55 heavy (non-hydrogen) atoms. The van der Waals surface area contributed by atoms with Crippen molar-refractivity contribution in [2.75, 3.05) is 23.8 Å². The van der Waals surface area contributed by atoms with Gasteiger partial charge in [-0.05, 0) is 107 Å². The van der Waals surface area contributed by atoms with E-state index in [4.69, 9.17) is 9.47 Å². The fourth-order valence-electron chi connectivity index (χ4n) is 7.29. The van der Waals surface area contributed by atoms with Crippen molar-refractivity contribution in [3.05, 3.63) is 176 Å². The molecule has 278 valence electrons. The van der Waals surface area contributed by atoms with E-state index in [9.17, 15) is 9.59 Å². The van der Waals surface area contributed by atoms with E-state index in [0.717, 1.165) is 56.9 Å². The van der Waals surface area contributed by atoms with Crippen LogP contribution in [0.4, 0.5) is 11.4 Å². The van der Waals surface area contributed by atoms with Gasteiger partial charge in [-0.2, -0.15) is 0 Å². The summed E-state index contributed by atoms with van der Waals surface area (Å²) < 4.78 is 13.6. The van der Waals surface area contributed by atoms with Crippen LogP contribution in [0.15, 0.2) is 142 Å². The Kier molecular flexibility index (Phi) is 11.8. The Morgan fingerprint density at radius 3 is 1.35 bits per heavy atom. The Morgan fingerprint density at radius 1 is 0.545 bits per heavy atom. The summed E-state index contributed by atoms with van der Waals surface area (Å²) in [5.41, 5.74) is 8.39. The van der Waals surface area contributed by atoms with Gasteiger partial charge in [0, 0.05) is 20.3 Å². The number of halogens is 2. The molecule has 1 aliphatic carbocycles. The van der Waals surface area contributed by atoms with Crippen molar-refractivity contribution in [1.29, 1.82) is 0 Å². The lowest BCUT2D eigenvalue weighted by atomic mass is 9.67. The van der Waals surface area contributed by atoms with Crippen molar-refractivity contribution in [3.63, 3.8) is 0 Å². The lowest BCUT2D eigenvalue weighted by Gasteiger charge is -2.34. The number of benzene rings is 6. The van der Waals surface area contributed by atoms with Crippen molar-refractivity contribution in [3.8, 4) is 22.6 Å². The molecule has 2 amide bonds. The van der Waals surface area contributed by atoms with Crippen molar-refractivity contribution in [1.82, 2.24) is 0 Å². The Labute approximate surface area is 339 Å². The maximum atomic E-state index is 13.6. The van der Waals surface area contributed by atoms with Gasteiger partial charge < -0.3 is 20.1 Å². The minimum absolute atomic E-state index is 0.244. The summed E-state index contributed by atoms with van der Waals surface area (Å²) >= 11 is 7.03. The maximum Gasteiger partial charge on any atom is 0.259 e. The van der Waals surface area contributed by atoms with E-state index in [0.29, 0.717) is 47.2 Å². The van der Waals surface area contributed by atoms with Gasteiger partial charge in [-0.25, -0.2) is 0 Å². The number of carbonyl (C=O) groups excluding carboxylic acids is 2. The van der Waals surface area contributed by atoms with E-state index in [-0.39, 0.29) is 11.8 Å². The molecule has 0 aliphatic heterocycles. The average Bonchev–Trinajstić information content (AvgIpc) is 3.51. The Hall–Kier alpha value is -5.18. The number of anilines is 2. The molecule has 0 aromatic heterocycles. The quantitative estimate of drug-likeness (QED) is 0.107. The third kappa shape index (κ3) is 7.84. The molecule has 0 bridgehead atoms. The number of hydrogen-bond donors (Lipinski definition) is 2. The standard InChI is InChI=1S/C47H42Br2N2O4/c1-3-5-27-54-43-25-19-33(48)29-39(43)45(52)50-35-21-15-31(16-22-35)47(41-13-9-7-11-37(41)38-12-8-10-14-42(38)47)32-17-23-36(24-18-32)51-46(53)40-30-34(49)20-26-44(40)55-28-6-4-2/h7-26,29-30H,3-6,27-28H2,1-2H3,(H,50,52)(H,51,53). The number of unbranched alkanes of at least 4 members (excludes halogenated alkanes) is 2. The molecule has 0 radical (unpaired) electrons. The number of ether oxygens (including phenoxy) is 2. The number of fused-ring (bicyclic) bond motifs is 3. The highest BCUT2D eigenvalue weighted by Gasteiger charge is 2.45. The molecule has 8 heteroatoms. The van der Waals surface area contributed by atoms with Crippen LogP contribution in [0.2, 0.25) is 0 Å². The van der Waals surface area contributed by atoms with Crippen molar-refractivity contribution < 1.29 is 19.1 Å². The lowest BCUT2D eigenvalue weighted by molar-refractivity contribution is 0.101. The van der Waals surface area contributed by atoms with E-state index < -0.39 is 5.41 Å². The van der Waals surface area contributed by atoms with Crippen molar-refractivity contribution >= 4 is 55.0 Å². The number of hydrogen-bond acceptors (Lipinski definition) is 4. The summed E-state index contributed by atoms with van der Waals surface area (Å²) in [6.07, 6.45) is 3.82. The molecule has 0 atom stereocenters. The van der Waals surface area contributed by atoms with Crippen LogP contribution in [0.25, 0.3) is 11.1 Å². The SMILES string of the molecule is CCCCOc1ccc(Br)cc1C(=O)Nc1ccc(C2(c3ccc(NC(=O)c4cc(Br)ccc4OCCCC)cc3)c3ccccc3-c3ccccc32)cc1. The fraction of sp³-hybridized carbons (Fsp3) is 0.191. The number of carbonyl (C=O) groups is 2. The molecular formula is C47H42Br2N2O4. The van der Waals surface area contributed by atoms with Gasteiger partial charge in [-0.15, -0.1) is 0 Å². The first-order chi connectivity index (χ1) is 26.8. The van der Waals surface area contributed by atoms with E-state index in [1.165, 1.54) is 11.1 Å². The lowest BCUT2D eigenvalue weighted by Crippen LogP contribution is -2.28. The second kappa shape index (κ2) is 17.1. The topological polar surface area (TPSA) is 76.7 Å². The van der Waals surface area contributed by atoms with Crippen molar-refractivity contribution in [2.24, 2.45) is 0 Å². The van der Waals surface area contributed by atoms with Crippen LogP contribution in [0.3, 0.4) is 0 Å². The highest BCUT2D eigenvalue weighted by Crippen LogP contribution is 2.56. The molecular weight excluding hydrogens is 816 g/mol.